The van der Waals surface area contributed by atoms with Gasteiger partial charge in [-0.15, -0.1) is 0 Å². The zero-order chi connectivity index (χ0) is 13.9. The molecule has 0 fully saturated rings. The number of alkyl halides is 3. The summed E-state index contributed by atoms with van der Waals surface area (Å²) in [5.74, 6) is -0.481. The summed E-state index contributed by atoms with van der Waals surface area (Å²) >= 11 is 5.46. The summed E-state index contributed by atoms with van der Waals surface area (Å²) in [4.78, 5) is 11.4. The fourth-order valence-electron chi connectivity index (χ4n) is 1.26. The molecule has 0 saturated heterocycles. The van der Waals surface area contributed by atoms with E-state index in [1.54, 1.807) is 13.8 Å². The van der Waals surface area contributed by atoms with E-state index >= 15 is 0 Å². The van der Waals surface area contributed by atoms with Gasteiger partial charge in [0, 0.05) is 11.8 Å². The molecule has 0 radical (unpaired) electrons. The molecule has 18 heavy (non-hydrogen) atoms. The minimum atomic E-state index is -4.55. The first-order valence-electron chi connectivity index (χ1n) is 5.03. The van der Waals surface area contributed by atoms with Gasteiger partial charge < -0.3 is 5.32 Å². The van der Waals surface area contributed by atoms with Crippen LogP contribution in [0.5, 0.6) is 0 Å². The molecule has 1 aromatic rings. The number of halogens is 4. The first-order valence-corrected chi connectivity index (χ1v) is 5.40. The number of anilines is 1. The Morgan fingerprint density at radius 2 is 1.94 bits per heavy atom. The van der Waals surface area contributed by atoms with Crippen molar-refractivity contribution in [3.05, 3.63) is 40.4 Å². The van der Waals surface area contributed by atoms with Gasteiger partial charge in [-0.05, 0) is 32.0 Å². The van der Waals surface area contributed by atoms with E-state index in [-0.39, 0.29) is 5.69 Å². The molecule has 0 heterocycles. The average molecular weight is 278 g/mol. The molecule has 1 N–H and O–H groups in total. The fraction of sp³-hybridized carbons (Fsp3) is 0.250. The van der Waals surface area contributed by atoms with E-state index in [1.807, 2.05) is 0 Å². The minimum absolute atomic E-state index is 0.0502. The maximum atomic E-state index is 12.6. The van der Waals surface area contributed by atoms with E-state index in [0.717, 1.165) is 17.7 Å². The molecule has 1 rings (SSSR count). The molecule has 0 bridgehead atoms. The van der Waals surface area contributed by atoms with Crippen LogP contribution in [0.1, 0.15) is 19.4 Å². The van der Waals surface area contributed by atoms with Crippen LogP contribution in [0.4, 0.5) is 18.9 Å². The van der Waals surface area contributed by atoms with Crippen molar-refractivity contribution < 1.29 is 18.0 Å². The van der Waals surface area contributed by atoms with Gasteiger partial charge in [0.15, 0.2) is 0 Å². The largest absolute Gasteiger partial charge is 0.417 e. The molecule has 0 spiro atoms. The van der Waals surface area contributed by atoms with Crippen LogP contribution < -0.4 is 5.32 Å². The van der Waals surface area contributed by atoms with E-state index < -0.39 is 22.7 Å². The van der Waals surface area contributed by atoms with Crippen LogP contribution in [0, 0.1) is 0 Å². The molecule has 0 aliphatic heterocycles. The molecule has 0 saturated carbocycles. The van der Waals surface area contributed by atoms with Crippen molar-refractivity contribution in [1.82, 2.24) is 0 Å². The van der Waals surface area contributed by atoms with Gasteiger partial charge in [-0.1, -0.05) is 17.2 Å². The number of hydrogen-bond acceptors (Lipinski definition) is 1. The van der Waals surface area contributed by atoms with Gasteiger partial charge in [-0.2, -0.15) is 13.2 Å². The Balaban J connectivity index is 3.00. The lowest BCUT2D eigenvalue weighted by atomic mass is 10.2. The SMILES string of the molecule is CC(C)=CC(=O)Nc1ccc(Cl)c(C(F)(F)F)c1. The van der Waals surface area contributed by atoms with Gasteiger partial charge in [0.05, 0.1) is 10.6 Å². The summed E-state index contributed by atoms with van der Waals surface area (Å²) in [6.45, 7) is 3.42. The van der Waals surface area contributed by atoms with Gasteiger partial charge >= 0.3 is 6.18 Å². The summed E-state index contributed by atoms with van der Waals surface area (Å²) in [6.07, 6.45) is -3.25. The lowest BCUT2D eigenvalue weighted by Crippen LogP contribution is -2.11. The molecule has 1 aromatic carbocycles. The minimum Gasteiger partial charge on any atom is -0.322 e. The van der Waals surface area contributed by atoms with Crippen LogP contribution in [0.3, 0.4) is 0 Å². The summed E-state index contributed by atoms with van der Waals surface area (Å²) in [5, 5.41) is 1.94. The van der Waals surface area contributed by atoms with Crippen LogP contribution in [-0.4, -0.2) is 5.91 Å². The third-order valence-electron chi connectivity index (χ3n) is 1.96. The highest BCUT2D eigenvalue weighted by molar-refractivity contribution is 6.31. The van der Waals surface area contributed by atoms with Crippen LogP contribution in [-0.2, 0) is 11.0 Å². The molecular weight excluding hydrogens is 267 g/mol. The lowest BCUT2D eigenvalue weighted by molar-refractivity contribution is -0.137. The van der Waals surface area contributed by atoms with Crippen molar-refractivity contribution in [2.75, 3.05) is 5.32 Å². The van der Waals surface area contributed by atoms with E-state index in [4.69, 9.17) is 11.6 Å². The predicted molar refractivity (Wildman–Crippen MR) is 64.5 cm³/mol. The van der Waals surface area contributed by atoms with Crippen molar-refractivity contribution in [3.8, 4) is 0 Å². The number of nitrogens with one attached hydrogen (secondary N) is 1. The Kier molecular flexibility index (Phi) is 4.40. The molecular formula is C12H11ClF3NO. The molecule has 0 aliphatic rings. The number of carbonyl (C=O) groups excluding carboxylic acids is 1. The molecule has 1 amide bonds. The molecule has 0 unspecified atom stereocenters. The molecule has 6 heteroatoms. The maximum absolute atomic E-state index is 12.6. The topological polar surface area (TPSA) is 29.1 Å². The van der Waals surface area contributed by atoms with Crippen LogP contribution in [0.15, 0.2) is 29.8 Å². The van der Waals surface area contributed by atoms with Crippen molar-refractivity contribution in [2.45, 2.75) is 20.0 Å². The molecule has 2 nitrogen and oxygen atoms in total. The van der Waals surface area contributed by atoms with Crippen LogP contribution in [0.2, 0.25) is 5.02 Å². The van der Waals surface area contributed by atoms with Crippen molar-refractivity contribution in [2.24, 2.45) is 0 Å². The van der Waals surface area contributed by atoms with E-state index in [9.17, 15) is 18.0 Å². The second kappa shape index (κ2) is 5.44. The van der Waals surface area contributed by atoms with Crippen molar-refractivity contribution >= 4 is 23.2 Å². The highest BCUT2D eigenvalue weighted by Crippen LogP contribution is 2.36. The number of allylic oxidation sites excluding steroid dienone is 1. The number of rotatable bonds is 2. The standard InChI is InChI=1S/C12H11ClF3NO/c1-7(2)5-11(18)17-8-3-4-10(13)9(6-8)12(14,15)16/h3-6H,1-2H3,(H,17,18). The first-order chi connectivity index (χ1) is 8.20. The summed E-state index contributed by atoms with van der Waals surface area (Å²) < 4.78 is 37.7. The van der Waals surface area contributed by atoms with Gasteiger partial charge in [-0.25, -0.2) is 0 Å². The molecule has 0 aliphatic carbocycles. The zero-order valence-electron chi connectivity index (χ0n) is 9.73. The van der Waals surface area contributed by atoms with E-state index in [0.29, 0.717) is 0 Å². The molecule has 0 atom stereocenters. The summed E-state index contributed by atoms with van der Waals surface area (Å²) in [6, 6.07) is 3.22. The highest BCUT2D eigenvalue weighted by atomic mass is 35.5. The Bertz CT molecular complexity index is 491. The number of hydrogen-bond donors (Lipinski definition) is 1. The second-order valence-corrected chi connectivity index (χ2v) is 4.31. The van der Waals surface area contributed by atoms with Crippen molar-refractivity contribution in [3.63, 3.8) is 0 Å². The van der Waals surface area contributed by atoms with Crippen LogP contribution >= 0.6 is 11.6 Å². The Hall–Kier alpha value is -1.49. The monoisotopic (exact) mass is 277 g/mol. The first kappa shape index (κ1) is 14.6. The molecule has 0 aromatic heterocycles. The van der Waals surface area contributed by atoms with Gasteiger partial charge in [0.1, 0.15) is 0 Å². The number of benzene rings is 1. The summed E-state index contributed by atoms with van der Waals surface area (Å²) in [5.41, 5.74) is -0.175. The number of amides is 1. The zero-order valence-corrected chi connectivity index (χ0v) is 10.5. The quantitative estimate of drug-likeness (QED) is 0.804. The van der Waals surface area contributed by atoms with Crippen molar-refractivity contribution in [1.29, 1.82) is 0 Å². The maximum Gasteiger partial charge on any atom is 0.417 e. The van der Waals surface area contributed by atoms with Gasteiger partial charge in [0.25, 0.3) is 0 Å². The van der Waals surface area contributed by atoms with E-state index in [1.165, 1.54) is 12.1 Å². The third kappa shape index (κ3) is 4.07. The highest BCUT2D eigenvalue weighted by Gasteiger charge is 2.33. The number of carbonyl (C=O) groups is 1. The Labute approximate surface area is 107 Å². The van der Waals surface area contributed by atoms with Gasteiger partial charge in [-0.3, -0.25) is 4.79 Å². The molecule has 98 valence electrons. The van der Waals surface area contributed by atoms with E-state index in [2.05, 4.69) is 5.32 Å². The fourth-order valence-corrected chi connectivity index (χ4v) is 1.49. The normalized spacial score (nSPS) is 11.0. The Morgan fingerprint density at radius 1 is 1.33 bits per heavy atom. The second-order valence-electron chi connectivity index (χ2n) is 3.90. The summed E-state index contributed by atoms with van der Waals surface area (Å²) in [7, 11) is 0. The smallest absolute Gasteiger partial charge is 0.322 e. The Morgan fingerprint density at radius 3 is 2.44 bits per heavy atom. The van der Waals surface area contributed by atoms with Gasteiger partial charge in [0.2, 0.25) is 5.91 Å². The predicted octanol–water partition coefficient (Wildman–Crippen LogP) is 4.26. The van der Waals surface area contributed by atoms with Crippen LogP contribution in [0.25, 0.3) is 0 Å². The third-order valence-corrected chi connectivity index (χ3v) is 2.29. The lowest BCUT2D eigenvalue weighted by Gasteiger charge is -2.11. The average Bonchev–Trinajstić information content (AvgIpc) is 2.17.